The van der Waals surface area contributed by atoms with Crippen molar-refractivity contribution >= 4 is 11.8 Å². The van der Waals surface area contributed by atoms with Gasteiger partial charge in [-0.2, -0.15) is 0 Å². The highest BCUT2D eigenvalue weighted by atomic mass is 16.2. The van der Waals surface area contributed by atoms with Gasteiger partial charge in [-0.1, -0.05) is 68.0 Å². The van der Waals surface area contributed by atoms with Crippen molar-refractivity contribution in [3.05, 3.63) is 94.1 Å². The quantitative estimate of drug-likeness (QED) is 0.402. The minimum absolute atomic E-state index is 0.0539. The lowest BCUT2D eigenvalue weighted by atomic mass is 9.86. The van der Waals surface area contributed by atoms with Crippen molar-refractivity contribution in [2.24, 2.45) is 5.92 Å². The van der Waals surface area contributed by atoms with Gasteiger partial charge in [0.25, 0.3) is 0 Å². The molecule has 1 aliphatic heterocycles. The number of aromatic nitrogens is 2. The van der Waals surface area contributed by atoms with Crippen LogP contribution < -0.4 is 5.32 Å². The average Bonchev–Trinajstić information content (AvgIpc) is 3.19. The first-order valence-corrected chi connectivity index (χ1v) is 16.2. The van der Waals surface area contributed by atoms with Gasteiger partial charge in [-0.3, -0.25) is 24.5 Å². The zero-order valence-corrected chi connectivity index (χ0v) is 25.7. The largest absolute Gasteiger partial charge is 0.350 e. The maximum Gasteiger partial charge on any atom is 0.244 e. The highest BCUT2D eigenvalue weighted by Gasteiger charge is 2.40. The fourth-order valence-electron chi connectivity index (χ4n) is 7.41. The Hall–Kier alpha value is -3.58. The molecular weight excluding hydrogens is 534 g/mol. The fraction of sp³-hybridized carbons (Fsp3) is 0.500. The van der Waals surface area contributed by atoms with E-state index >= 15 is 0 Å². The van der Waals surface area contributed by atoms with Crippen molar-refractivity contribution in [2.45, 2.75) is 90.3 Å². The summed E-state index contributed by atoms with van der Waals surface area (Å²) in [7, 11) is 0. The topological polar surface area (TPSA) is 78.4 Å². The second kappa shape index (κ2) is 13.4. The highest BCUT2D eigenvalue weighted by Crippen LogP contribution is 2.38. The Balaban J connectivity index is 1.28. The van der Waals surface area contributed by atoms with Crippen LogP contribution in [0.2, 0.25) is 0 Å². The molecule has 1 saturated carbocycles. The monoisotopic (exact) mass is 579 g/mol. The van der Waals surface area contributed by atoms with E-state index in [9.17, 15) is 9.59 Å². The van der Waals surface area contributed by atoms with E-state index in [-0.39, 0.29) is 17.9 Å². The maximum absolute atomic E-state index is 13.9. The summed E-state index contributed by atoms with van der Waals surface area (Å²) in [5, 5.41) is 3.13. The van der Waals surface area contributed by atoms with Crippen LogP contribution in [0, 0.1) is 19.8 Å². The molecule has 43 heavy (non-hydrogen) atoms. The average molecular weight is 580 g/mol. The Kier molecular flexibility index (Phi) is 9.17. The highest BCUT2D eigenvalue weighted by molar-refractivity contribution is 5.88. The third-order valence-corrected chi connectivity index (χ3v) is 9.73. The van der Waals surface area contributed by atoms with E-state index in [0.29, 0.717) is 38.5 Å². The Morgan fingerprint density at radius 2 is 1.77 bits per heavy atom. The van der Waals surface area contributed by atoms with E-state index in [0.717, 1.165) is 30.5 Å². The van der Waals surface area contributed by atoms with Crippen LogP contribution >= 0.6 is 0 Å². The van der Waals surface area contributed by atoms with Gasteiger partial charge in [0.05, 0.1) is 11.7 Å². The number of carbonyl (C=O) groups excluding carboxylic acids is 2. The molecule has 3 heterocycles. The van der Waals surface area contributed by atoms with Crippen molar-refractivity contribution in [3.63, 3.8) is 0 Å². The molecule has 7 nitrogen and oxygen atoms in total. The van der Waals surface area contributed by atoms with Gasteiger partial charge in [0.1, 0.15) is 6.04 Å². The molecule has 226 valence electrons. The molecule has 2 unspecified atom stereocenters. The van der Waals surface area contributed by atoms with E-state index in [1.165, 1.54) is 59.9 Å². The molecule has 2 atom stereocenters. The van der Waals surface area contributed by atoms with Gasteiger partial charge < -0.3 is 10.2 Å². The summed E-state index contributed by atoms with van der Waals surface area (Å²) < 4.78 is 0. The van der Waals surface area contributed by atoms with Crippen LogP contribution in [-0.4, -0.2) is 57.3 Å². The summed E-state index contributed by atoms with van der Waals surface area (Å²) in [5.74, 6) is 0.640. The van der Waals surface area contributed by atoms with E-state index in [1.54, 1.807) is 12.4 Å². The molecule has 2 amide bonds. The number of carbonyl (C=O) groups is 2. The summed E-state index contributed by atoms with van der Waals surface area (Å²) in [6, 6.07) is 12.3. The fourth-order valence-corrected chi connectivity index (χ4v) is 7.41. The lowest BCUT2D eigenvalue weighted by molar-refractivity contribution is -0.144. The summed E-state index contributed by atoms with van der Waals surface area (Å²) in [6.45, 7) is 6.35. The second-order valence-electron chi connectivity index (χ2n) is 12.9. The molecule has 3 aromatic rings. The van der Waals surface area contributed by atoms with Crippen LogP contribution in [0.4, 0.5) is 0 Å². The molecule has 7 heteroatoms. The van der Waals surface area contributed by atoms with Crippen LogP contribution in [0.15, 0.2) is 55.0 Å². The van der Waals surface area contributed by atoms with Crippen LogP contribution in [-0.2, 0) is 29.0 Å². The van der Waals surface area contributed by atoms with Crippen LogP contribution in [0.3, 0.4) is 0 Å². The molecule has 1 saturated heterocycles. The predicted molar refractivity (Wildman–Crippen MR) is 168 cm³/mol. The number of fused-ring (bicyclic) bond motifs is 2. The summed E-state index contributed by atoms with van der Waals surface area (Å²) in [4.78, 5) is 41.1. The van der Waals surface area contributed by atoms with Gasteiger partial charge in [-0.25, -0.2) is 0 Å². The molecule has 2 aromatic heterocycles. The minimum Gasteiger partial charge on any atom is -0.350 e. The van der Waals surface area contributed by atoms with Crippen molar-refractivity contribution in [3.8, 4) is 0 Å². The number of piperazine rings is 1. The van der Waals surface area contributed by atoms with Crippen molar-refractivity contribution < 1.29 is 9.59 Å². The van der Waals surface area contributed by atoms with Crippen LogP contribution in [0.5, 0.6) is 0 Å². The lowest BCUT2D eigenvalue weighted by Gasteiger charge is -2.44. The van der Waals surface area contributed by atoms with Crippen LogP contribution in [0.1, 0.15) is 90.1 Å². The van der Waals surface area contributed by atoms with Crippen molar-refractivity contribution in [1.82, 2.24) is 25.1 Å². The Morgan fingerprint density at radius 3 is 2.58 bits per heavy atom. The smallest absolute Gasteiger partial charge is 0.244 e. The van der Waals surface area contributed by atoms with Crippen molar-refractivity contribution in [1.29, 1.82) is 0 Å². The van der Waals surface area contributed by atoms with Gasteiger partial charge in [-0.05, 0) is 72.9 Å². The molecule has 1 aromatic carbocycles. The number of nitrogens with zero attached hydrogens (tertiary/aromatic N) is 4. The molecule has 2 aliphatic carbocycles. The van der Waals surface area contributed by atoms with Gasteiger partial charge in [-0.15, -0.1) is 0 Å². The standard InChI is InChI=1S/C36H45N5O2/c1-25-10-14-31-29(19-25)12-13-30-20-26(2)21-38-34(30)35(31)40-17-18-41(33(42)15-11-27-7-4-3-5-8-27)32(24-40)36(43)39-23-28-9-6-16-37-22-28/h6,9-10,14,16,19-22,27,32,35H,3-5,7-8,11-13,15,17-18,23-24H2,1-2H3,(H,39,43). The molecule has 0 spiro atoms. The predicted octanol–water partition coefficient (Wildman–Crippen LogP) is 5.47. The number of hydrogen-bond donors (Lipinski definition) is 1. The third kappa shape index (κ3) is 6.82. The molecule has 2 fully saturated rings. The Bertz CT molecular complexity index is 1380. The Labute approximate surface area is 256 Å². The van der Waals surface area contributed by atoms with E-state index in [2.05, 4.69) is 53.3 Å². The molecule has 3 aliphatic rings. The van der Waals surface area contributed by atoms with E-state index in [1.807, 2.05) is 23.2 Å². The molecule has 0 radical (unpaired) electrons. The number of hydrogen-bond acceptors (Lipinski definition) is 5. The van der Waals surface area contributed by atoms with Gasteiger partial charge in [0, 0.05) is 51.2 Å². The number of benzene rings is 1. The Morgan fingerprint density at radius 1 is 0.953 bits per heavy atom. The molecule has 1 N–H and O–H groups in total. The number of nitrogens with one attached hydrogen (secondary N) is 1. The van der Waals surface area contributed by atoms with Crippen molar-refractivity contribution in [2.75, 3.05) is 19.6 Å². The molecular formula is C36H45N5O2. The first kappa shape index (κ1) is 29.5. The number of rotatable bonds is 7. The van der Waals surface area contributed by atoms with Gasteiger partial charge >= 0.3 is 0 Å². The van der Waals surface area contributed by atoms with E-state index < -0.39 is 6.04 Å². The summed E-state index contributed by atoms with van der Waals surface area (Å²) in [6.07, 6.45) is 15.1. The zero-order valence-electron chi connectivity index (χ0n) is 25.7. The van der Waals surface area contributed by atoms with Gasteiger partial charge in [0.15, 0.2) is 0 Å². The first-order valence-electron chi connectivity index (χ1n) is 16.2. The second-order valence-corrected chi connectivity index (χ2v) is 12.9. The van der Waals surface area contributed by atoms with Crippen LogP contribution in [0.25, 0.3) is 0 Å². The zero-order chi connectivity index (χ0) is 29.8. The molecule has 0 bridgehead atoms. The normalized spacial score (nSPS) is 21.0. The number of amides is 2. The lowest BCUT2D eigenvalue weighted by Crippen LogP contribution is -2.61. The first-order chi connectivity index (χ1) is 21.0. The minimum atomic E-state index is -0.560. The number of pyridine rings is 2. The molecule has 6 rings (SSSR count). The summed E-state index contributed by atoms with van der Waals surface area (Å²) >= 11 is 0. The van der Waals surface area contributed by atoms with Gasteiger partial charge in [0.2, 0.25) is 11.8 Å². The third-order valence-electron chi connectivity index (χ3n) is 9.73. The summed E-state index contributed by atoms with van der Waals surface area (Å²) in [5.41, 5.74) is 8.35. The maximum atomic E-state index is 13.9. The SMILES string of the molecule is Cc1ccc2c(c1)CCc1cc(C)cnc1C2N1CCN(C(=O)CCC2CCCCC2)C(C(=O)NCc2cccnc2)C1. The number of aryl methyl sites for hydroxylation is 4. The van der Waals surface area contributed by atoms with E-state index in [4.69, 9.17) is 4.98 Å².